The molecular formula is C112H145N15O2S3. The van der Waals surface area contributed by atoms with E-state index in [1.807, 2.05) is 81.6 Å². The van der Waals surface area contributed by atoms with Crippen LogP contribution in [0.3, 0.4) is 0 Å². The van der Waals surface area contributed by atoms with Gasteiger partial charge in [-0.05, 0) is 198 Å². The number of para-hydroxylation sites is 5. The number of anilines is 5. The van der Waals surface area contributed by atoms with Crippen molar-refractivity contribution in [2.24, 2.45) is 34.5 Å². The number of oxazole rings is 2. The van der Waals surface area contributed by atoms with E-state index in [1.165, 1.54) is 219 Å². The molecule has 7 aliphatic heterocycles. The lowest BCUT2D eigenvalue weighted by atomic mass is 9.47. The highest BCUT2D eigenvalue weighted by Crippen LogP contribution is 2.70. The predicted octanol–water partition coefficient (Wildman–Crippen LogP) is 29.5. The Balaban J connectivity index is 0.000000108. The molecule has 28 rings (SSSR count). The van der Waals surface area contributed by atoms with E-state index in [1.54, 1.807) is 46.5 Å². The van der Waals surface area contributed by atoms with Gasteiger partial charge < -0.3 is 33.3 Å². The molecule has 6 saturated carbocycles. The van der Waals surface area contributed by atoms with E-state index in [2.05, 4.69) is 294 Å². The van der Waals surface area contributed by atoms with Gasteiger partial charge >= 0.3 is 11.7 Å². The van der Waals surface area contributed by atoms with E-state index < -0.39 is 0 Å². The molecule has 15 aromatic rings. The first-order valence-corrected chi connectivity index (χ1v) is 52.9. The fraction of sp³-hybridized carbons (Fsp3) is 0.509. The first-order chi connectivity index (χ1) is 63.8. The van der Waals surface area contributed by atoms with Gasteiger partial charge in [0.15, 0.2) is 14.9 Å². The molecule has 0 saturated heterocycles. The van der Waals surface area contributed by atoms with Crippen molar-refractivity contribution >= 4 is 89.0 Å². The maximum absolute atomic E-state index is 5.59. The standard InChI is InChI=1S/C23H25N3S.2C21H25N3O.C19H21N3S.C18H19N3S.5C2H6/c1-14-4-2-3-5-19(14)26-13-20-21(24-22-25(20)6-7-27-22)23(26)17-9-15-8-16(11-17)12-18(23)10-15;2*1-13-8-7-9-14-16(13)24-12-15-17(22-18-23(15)10-11-25-18)21(24,6)20(4,5)19(14,2)3;1-14-7-3-4-8-15(14)22-13-16-17(19(22)9-5-2-6-10-19)20-18-21(16)11-12-23-18;1-13-6-2-3-7-14(13)21-12-15-16(18(21)8-4-5-9-18)19-17-20(15)10-11-22-17;5*1-2/h2-7,15-18H,8-13H2,1H3;2*7-11H,12H2,1-6H3;3-4,7-8,11-12H,2,5-6,9-10,13H2,1H3;2-3,6-7,10-11H,4-5,8-9,12H2,1H3;5*1-2H3. The van der Waals surface area contributed by atoms with Gasteiger partial charge in [0.2, 0.25) is 0 Å². The van der Waals surface area contributed by atoms with E-state index in [4.69, 9.17) is 33.8 Å². The van der Waals surface area contributed by atoms with E-state index in [0.717, 1.165) is 66.3 Å². The molecule has 10 aromatic heterocycles. The highest BCUT2D eigenvalue weighted by Gasteiger charge is 2.68. The Morgan fingerprint density at radius 1 is 0.318 bits per heavy atom. The topological polar surface area (TPSA) is 129 Å². The van der Waals surface area contributed by atoms with Crippen LogP contribution in [0, 0.1) is 69.1 Å². The molecule has 5 aromatic carbocycles. The minimum Gasteiger partial charge on any atom is -0.432 e. The number of aromatic nitrogens is 10. The second-order valence-electron chi connectivity index (χ2n) is 40.7. The summed E-state index contributed by atoms with van der Waals surface area (Å²) in [5, 5.41) is 6.47. The summed E-state index contributed by atoms with van der Waals surface area (Å²) in [4.78, 5) is 42.0. The Kier molecular flexibility index (Phi) is 24.4. The molecule has 20 heteroatoms. The van der Waals surface area contributed by atoms with Crippen molar-refractivity contribution in [1.29, 1.82) is 0 Å². The molecule has 13 aliphatic rings. The van der Waals surface area contributed by atoms with Crippen molar-refractivity contribution in [2.45, 2.75) is 334 Å². The van der Waals surface area contributed by atoms with Crippen molar-refractivity contribution < 1.29 is 8.83 Å². The number of fused-ring (bicyclic) bond motifs is 25. The number of aryl methyl sites for hydroxylation is 5. The zero-order chi connectivity index (χ0) is 93.5. The summed E-state index contributed by atoms with van der Waals surface area (Å²) in [6.07, 6.45) is 32.7. The zero-order valence-corrected chi connectivity index (χ0v) is 86.1. The number of hydrogen-bond donors (Lipinski definition) is 0. The van der Waals surface area contributed by atoms with Gasteiger partial charge in [0, 0.05) is 86.4 Å². The average Bonchev–Trinajstić information content (AvgIpc) is 1.54. The summed E-state index contributed by atoms with van der Waals surface area (Å²) in [5.74, 6) is 4.91. The Labute approximate surface area is 797 Å². The largest absolute Gasteiger partial charge is 0.432 e. The second kappa shape index (κ2) is 34.8. The van der Waals surface area contributed by atoms with E-state index in [-0.39, 0.29) is 49.4 Å². The fourth-order valence-electron chi connectivity index (χ4n) is 27.1. The third-order valence-electron chi connectivity index (χ3n) is 34.7. The maximum Gasteiger partial charge on any atom is 0.306 e. The molecule has 3 spiro atoms. The van der Waals surface area contributed by atoms with Gasteiger partial charge in [-0.25, -0.2) is 15.0 Å². The second-order valence-corrected chi connectivity index (χ2v) is 43.3. The Hall–Kier alpha value is -9.89. The van der Waals surface area contributed by atoms with Gasteiger partial charge in [-0.3, -0.25) is 22.0 Å². The van der Waals surface area contributed by atoms with Crippen LogP contribution < -0.4 is 24.5 Å². The summed E-state index contributed by atoms with van der Waals surface area (Å²) < 4.78 is 22.4. The summed E-state index contributed by atoms with van der Waals surface area (Å²) in [7, 11) is 0. The molecule has 698 valence electrons. The van der Waals surface area contributed by atoms with Crippen molar-refractivity contribution in [3.8, 4) is 0 Å². The maximum atomic E-state index is 5.59. The molecule has 0 radical (unpaired) electrons. The van der Waals surface area contributed by atoms with Crippen LogP contribution in [0.2, 0.25) is 0 Å². The highest BCUT2D eigenvalue weighted by molar-refractivity contribution is 7.15. The van der Waals surface area contributed by atoms with Gasteiger partial charge in [0.1, 0.15) is 12.5 Å². The van der Waals surface area contributed by atoms with Crippen molar-refractivity contribution in [3.63, 3.8) is 0 Å². The van der Waals surface area contributed by atoms with Crippen LogP contribution in [-0.2, 0) is 71.2 Å². The summed E-state index contributed by atoms with van der Waals surface area (Å²) >= 11 is 5.29. The number of hydrogen-bond acceptors (Lipinski definition) is 15. The van der Waals surface area contributed by atoms with E-state index >= 15 is 0 Å². The van der Waals surface area contributed by atoms with Crippen LogP contribution in [0.15, 0.2) is 178 Å². The van der Waals surface area contributed by atoms with Crippen molar-refractivity contribution in [1.82, 2.24) is 46.9 Å². The van der Waals surface area contributed by atoms with Gasteiger partial charge in [0.25, 0.3) is 0 Å². The Morgan fingerprint density at radius 2 is 0.636 bits per heavy atom. The van der Waals surface area contributed by atoms with Crippen LogP contribution in [-0.4, -0.2) is 46.9 Å². The van der Waals surface area contributed by atoms with E-state index in [9.17, 15) is 0 Å². The lowest BCUT2D eigenvalue weighted by molar-refractivity contribution is -0.0603. The summed E-state index contributed by atoms with van der Waals surface area (Å²) in [6.45, 7) is 59.7. The quantitative estimate of drug-likeness (QED) is 0.167. The van der Waals surface area contributed by atoms with Gasteiger partial charge in [-0.2, -0.15) is 9.97 Å². The third-order valence-corrected chi connectivity index (χ3v) is 37.0. The molecule has 6 fully saturated rings. The van der Waals surface area contributed by atoms with Crippen molar-refractivity contribution in [2.75, 3.05) is 24.5 Å². The molecule has 132 heavy (non-hydrogen) atoms. The Bertz CT molecular complexity index is 6480. The molecule has 17 nitrogen and oxygen atoms in total. The first-order valence-electron chi connectivity index (χ1n) is 50.3. The lowest BCUT2D eigenvalue weighted by Gasteiger charge is -2.62. The molecule has 2 unspecified atom stereocenters. The lowest BCUT2D eigenvalue weighted by Crippen LogP contribution is -2.62. The van der Waals surface area contributed by atoms with Crippen molar-refractivity contribution in [3.05, 3.63) is 265 Å². The number of thiazole rings is 3. The molecule has 2 atom stereocenters. The highest BCUT2D eigenvalue weighted by atomic mass is 32.1. The van der Waals surface area contributed by atoms with Crippen LogP contribution in [0.25, 0.3) is 26.6 Å². The normalized spacial score (nSPS) is 24.1. The predicted molar refractivity (Wildman–Crippen MR) is 550 cm³/mol. The van der Waals surface area contributed by atoms with Crippen LogP contribution >= 0.6 is 34.0 Å². The third kappa shape index (κ3) is 13.1. The Morgan fingerprint density at radius 3 is 1.02 bits per heavy atom. The molecule has 4 bridgehead atoms. The summed E-state index contributed by atoms with van der Waals surface area (Å²) in [6, 6.07) is 40.1. The minimum absolute atomic E-state index is 0.00852. The number of imidazole rings is 5. The summed E-state index contributed by atoms with van der Waals surface area (Å²) in [5.41, 5.74) is 30.0. The molecular weight excluding hydrogens is 1680 g/mol. The SMILES string of the molecule is CC.CC.CC.CC.CC.Cc1cccc2c1N1Cc3c(nc4occn34)C1(C)C(C)(C)C2(C)C.Cc1cccc2c1N1Cc3c(nc4occn34)C1(C)C(C)(C)C2(C)C.Cc1ccccc1N1Cc2c(nc3sccn23)C12C1CC3CC(C1)CC2C3.Cc1ccccc1N1Cc2c(nc3sccn23)C12CCCC2.Cc1ccccc1N1Cc2c(nc3sccn23)C12CCCCC2. The van der Waals surface area contributed by atoms with Gasteiger partial charge in [0.05, 0.1) is 117 Å². The van der Waals surface area contributed by atoms with Crippen LogP contribution in [0.4, 0.5) is 28.4 Å². The van der Waals surface area contributed by atoms with Gasteiger partial charge in [-0.15, -0.1) is 34.0 Å². The molecule has 0 amide bonds. The monoisotopic (exact) mass is 1830 g/mol. The van der Waals surface area contributed by atoms with Crippen LogP contribution in [0.5, 0.6) is 0 Å². The smallest absolute Gasteiger partial charge is 0.306 e. The van der Waals surface area contributed by atoms with Gasteiger partial charge in [-0.1, -0.05) is 248 Å². The molecule has 0 N–H and O–H groups in total. The van der Waals surface area contributed by atoms with Crippen LogP contribution in [0.1, 0.15) is 324 Å². The number of nitrogens with zero attached hydrogens (tertiary/aromatic N) is 15. The number of benzene rings is 5. The first kappa shape index (κ1) is 92.6. The number of rotatable bonds is 3. The zero-order valence-electron chi connectivity index (χ0n) is 83.7. The fourth-order valence-corrected chi connectivity index (χ4v) is 29.3. The average molecular weight is 1830 g/mol. The molecule has 17 heterocycles. The van der Waals surface area contributed by atoms with E-state index in [0.29, 0.717) is 11.7 Å². The minimum atomic E-state index is -0.181. The molecule has 6 aliphatic carbocycles.